The molecule has 1 aromatic rings. The molecule has 2 amide bonds. The van der Waals surface area contributed by atoms with Gasteiger partial charge in [-0.25, -0.2) is 0 Å². The van der Waals surface area contributed by atoms with Crippen molar-refractivity contribution in [1.29, 1.82) is 0 Å². The van der Waals surface area contributed by atoms with Crippen LogP contribution in [0.2, 0.25) is 0 Å². The van der Waals surface area contributed by atoms with E-state index >= 15 is 0 Å². The Kier molecular flexibility index (Phi) is 6.86. The Labute approximate surface area is 148 Å². The lowest BCUT2D eigenvalue weighted by Crippen LogP contribution is -2.41. The van der Waals surface area contributed by atoms with Gasteiger partial charge in [-0.05, 0) is 50.0 Å². The lowest BCUT2D eigenvalue weighted by Gasteiger charge is -2.32. The molecule has 6 heteroatoms. The van der Waals surface area contributed by atoms with E-state index in [-0.39, 0.29) is 11.8 Å². The molecule has 0 radical (unpaired) electrons. The molecule has 136 valence electrons. The van der Waals surface area contributed by atoms with Crippen molar-refractivity contribution < 1.29 is 19.1 Å². The minimum absolute atomic E-state index is 0.00245. The molecule has 1 aliphatic rings. The fraction of sp³-hybridized carbons (Fsp3) is 0.474. The van der Waals surface area contributed by atoms with Gasteiger partial charge in [-0.15, -0.1) is 0 Å². The van der Waals surface area contributed by atoms with Gasteiger partial charge in [0, 0.05) is 25.2 Å². The quantitative estimate of drug-likeness (QED) is 0.802. The number of hydrogen-bond acceptors (Lipinski definition) is 4. The second kappa shape index (κ2) is 9.11. The predicted octanol–water partition coefficient (Wildman–Crippen LogP) is 2.25. The number of carbonyl (C=O) groups is 2. The molecular weight excluding hydrogens is 320 g/mol. The normalized spacial score (nSPS) is 15.2. The first-order chi connectivity index (χ1) is 12.1. The number of allylic oxidation sites excluding steroid dienone is 1. The third-order valence-electron chi connectivity index (χ3n) is 4.42. The van der Waals surface area contributed by atoms with E-state index in [0.29, 0.717) is 42.6 Å². The number of rotatable bonds is 6. The molecule has 0 aliphatic carbocycles. The minimum Gasteiger partial charge on any atom is -0.493 e. The van der Waals surface area contributed by atoms with Crippen molar-refractivity contribution >= 4 is 11.8 Å². The van der Waals surface area contributed by atoms with Crippen molar-refractivity contribution in [3.05, 3.63) is 35.9 Å². The molecule has 2 rings (SSSR count). The third-order valence-corrected chi connectivity index (χ3v) is 4.42. The van der Waals surface area contributed by atoms with Gasteiger partial charge in [-0.1, -0.05) is 6.08 Å². The van der Waals surface area contributed by atoms with Gasteiger partial charge in [0.25, 0.3) is 5.91 Å². The van der Waals surface area contributed by atoms with Gasteiger partial charge in [0.2, 0.25) is 5.91 Å². The van der Waals surface area contributed by atoms with Crippen LogP contribution < -0.4 is 14.8 Å². The van der Waals surface area contributed by atoms with E-state index in [1.807, 2.05) is 11.8 Å². The van der Waals surface area contributed by atoms with Crippen molar-refractivity contribution in [1.82, 2.24) is 10.2 Å². The second-order valence-electron chi connectivity index (χ2n) is 6.05. The van der Waals surface area contributed by atoms with Crippen LogP contribution in [0.4, 0.5) is 0 Å². The van der Waals surface area contributed by atoms with Crippen LogP contribution in [-0.2, 0) is 4.79 Å². The van der Waals surface area contributed by atoms with Crippen LogP contribution in [0.15, 0.2) is 30.4 Å². The standard InChI is InChI=1S/C19H26N2O4/c1-4-5-18(22)20-13-14-8-10-21(11-9-14)19(23)15-6-7-16(24-2)17(12-15)25-3/h4-7,12,14H,8-11,13H2,1-3H3,(H,20,22)/b5-4+. The summed E-state index contributed by atoms with van der Waals surface area (Å²) in [5.41, 5.74) is 0.595. The number of benzene rings is 1. The topological polar surface area (TPSA) is 67.9 Å². The Bertz CT molecular complexity index is 634. The van der Waals surface area contributed by atoms with E-state index in [1.54, 1.807) is 38.5 Å². The van der Waals surface area contributed by atoms with E-state index in [9.17, 15) is 9.59 Å². The molecule has 6 nitrogen and oxygen atoms in total. The zero-order valence-electron chi connectivity index (χ0n) is 15.1. The van der Waals surface area contributed by atoms with Crippen LogP contribution >= 0.6 is 0 Å². The fourth-order valence-electron chi connectivity index (χ4n) is 2.95. The molecule has 1 saturated heterocycles. The Morgan fingerprint density at radius 3 is 2.48 bits per heavy atom. The van der Waals surface area contributed by atoms with Crippen LogP contribution in [0.3, 0.4) is 0 Å². The number of likely N-dealkylation sites (tertiary alicyclic amines) is 1. The van der Waals surface area contributed by atoms with Gasteiger partial charge < -0.3 is 19.7 Å². The predicted molar refractivity (Wildman–Crippen MR) is 96.0 cm³/mol. The maximum atomic E-state index is 12.7. The highest BCUT2D eigenvalue weighted by molar-refractivity contribution is 5.95. The van der Waals surface area contributed by atoms with Crippen molar-refractivity contribution in [2.75, 3.05) is 33.9 Å². The highest BCUT2D eigenvalue weighted by atomic mass is 16.5. The number of piperidine rings is 1. The maximum Gasteiger partial charge on any atom is 0.253 e. The molecule has 0 bridgehead atoms. The number of hydrogen-bond donors (Lipinski definition) is 1. The van der Waals surface area contributed by atoms with Crippen LogP contribution in [0, 0.1) is 5.92 Å². The average Bonchev–Trinajstić information content (AvgIpc) is 2.65. The van der Waals surface area contributed by atoms with Gasteiger partial charge in [0.15, 0.2) is 11.5 Å². The number of nitrogens with zero attached hydrogens (tertiary/aromatic N) is 1. The first-order valence-electron chi connectivity index (χ1n) is 8.50. The summed E-state index contributed by atoms with van der Waals surface area (Å²) >= 11 is 0. The Morgan fingerprint density at radius 2 is 1.88 bits per heavy atom. The molecule has 0 aromatic heterocycles. The lowest BCUT2D eigenvalue weighted by atomic mass is 9.96. The Balaban J connectivity index is 1.90. The smallest absolute Gasteiger partial charge is 0.253 e. The maximum absolute atomic E-state index is 12.7. The van der Waals surface area contributed by atoms with Crippen LogP contribution in [0.5, 0.6) is 11.5 Å². The number of methoxy groups -OCH3 is 2. The Morgan fingerprint density at radius 1 is 1.20 bits per heavy atom. The number of amides is 2. The summed E-state index contributed by atoms with van der Waals surface area (Å²) < 4.78 is 10.5. The number of nitrogens with one attached hydrogen (secondary N) is 1. The van der Waals surface area contributed by atoms with Gasteiger partial charge in [-0.3, -0.25) is 9.59 Å². The molecule has 0 spiro atoms. The Hall–Kier alpha value is -2.50. The molecule has 1 N–H and O–H groups in total. The van der Waals surface area contributed by atoms with E-state index in [1.165, 1.54) is 6.08 Å². The summed E-state index contributed by atoms with van der Waals surface area (Å²) in [6.07, 6.45) is 5.01. The molecule has 0 unspecified atom stereocenters. The van der Waals surface area contributed by atoms with Gasteiger partial charge in [-0.2, -0.15) is 0 Å². The van der Waals surface area contributed by atoms with Crippen molar-refractivity contribution in [3.63, 3.8) is 0 Å². The molecule has 1 heterocycles. The van der Waals surface area contributed by atoms with Crippen LogP contribution in [0.25, 0.3) is 0 Å². The zero-order chi connectivity index (χ0) is 18.2. The van der Waals surface area contributed by atoms with Crippen molar-refractivity contribution in [2.45, 2.75) is 19.8 Å². The second-order valence-corrected chi connectivity index (χ2v) is 6.05. The van der Waals surface area contributed by atoms with E-state index in [2.05, 4.69) is 5.32 Å². The largest absolute Gasteiger partial charge is 0.493 e. The van der Waals surface area contributed by atoms with Crippen LogP contribution in [0.1, 0.15) is 30.1 Å². The summed E-state index contributed by atoms with van der Waals surface area (Å²) in [5, 5.41) is 2.90. The molecule has 1 fully saturated rings. The van der Waals surface area contributed by atoms with E-state index in [0.717, 1.165) is 12.8 Å². The fourth-order valence-corrected chi connectivity index (χ4v) is 2.95. The van der Waals surface area contributed by atoms with Gasteiger partial charge in [0.05, 0.1) is 14.2 Å². The molecule has 1 aromatic carbocycles. The first-order valence-corrected chi connectivity index (χ1v) is 8.50. The van der Waals surface area contributed by atoms with E-state index in [4.69, 9.17) is 9.47 Å². The average molecular weight is 346 g/mol. The van der Waals surface area contributed by atoms with Crippen molar-refractivity contribution in [2.24, 2.45) is 5.92 Å². The minimum atomic E-state index is -0.0636. The molecular formula is C19H26N2O4. The first kappa shape index (κ1) is 18.8. The highest BCUT2D eigenvalue weighted by Crippen LogP contribution is 2.28. The highest BCUT2D eigenvalue weighted by Gasteiger charge is 2.24. The van der Waals surface area contributed by atoms with Crippen molar-refractivity contribution in [3.8, 4) is 11.5 Å². The third kappa shape index (κ3) is 4.98. The molecule has 1 aliphatic heterocycles. The lowest BCUT2D eigenvalue weighted by molar-refractivity contribution is -0.116. The monoisotopic (exact) mass is 346 g/mol. The SMILES string of the molecule is C/C=C/C(=O)NCC1CCN(C(=O)c2ccc(OC)c(OC)c2)CC1. The molecule has 0 atom stereocenters. The van der Waals surface area contributed by atoms with Gasteiger partial charge in [0.1, 0.15) is 0 Å². The molecule has 25 heavy (non-hydrogen) atoms. The van der Waals surface area contributed by atoms with Crippen LogP contribution in [-0.4, -0.2) is 50.6 Å². The summed E-state index contributed by atoms with van der Waals surface area (Å²) in [6, 6.07) is 5.22. The van der Waals surface area contributed by atoms with Gasteiger partial charge >= 0.3 is 0 Å². The van der Waals surface area contributed by atoms with E-state index < -0.39 is 0 Å². The summed E-state index contributed by atoms with van der Waals surface area (Å²) in [5.74, 6) is 1.50. The zero-order valence-corrected chi connectivity index (χ0v) is 15.1. The summed E-state index contributed by atoms with van der Waals surface area (Å²) in [4.78, 5) is 26.0. The molecule has 0 saturated carbocycles. The summed E-state index contributed by atoms with van der Waals surface area (Å²) in [6.45, 7) is 3.86. The number of ether oxygens (including phenoxy) is 2. The number of carbonyl (C=O) groups excluding carboxylic acids is 2. The summed E-state index contributed by atoms with van der Waals surface area (Å²) in [7, 11) is 3.12.